The van der Waals surface area contributed by atoms with E-state index in [9.17, 15) is 40.7 Å². The van der Waals surface area contributed by atoms with Crippen molar-refractivity contribution in [1.29, 1.82) is 0 Å². The van der Waals surface area contributed by atoms with E-state index in [1.807, 2.05) is 5.32 Å². The van der Waals surface area contributed by atoms with Gasteiger partial charge in [0.15, 0.2) is 11.6 Å². The number of anilines is 3. The predicted molar refractivity (Wildman–Crippen MR) is 106 cm³/mol. The van der Waals surface area contributed by atoms with Crippen molar-refractivity contribution in [2.75, 3.05) is 16.0 Å². The Morgan fingerprint density at radius 2 is 1.45 bits per heavy atom. The summed E-state index contributed by atoms with van der Waals surface area (Å²) in [6.07, 6.45) is -3.39. The molecular weight excluding hydrogens is 503 g/mol. The SMILES string of the molecule is O=C(Nc1cc(NC(=O)C(F)F)c(F)cc1F)c1cc(NC(=O)[C@H]2CC2(Cl)Cl)cc(F)c1F. The largest absolute Gasteiger partial charge is 0.326 e. The molecule has 0 aliphatic heterocycles. The fraction of sp³-hybridized carbons (Fsp3) is 0.211. The molecule has 33 heavy (non-hydrogen) atoms. The lowest BCUT2D eigenvalue weighted by Gasteiger charge is -2.13. The van der Waals surface area contributed by atoms with Crippen LogP contribution in [0.5, 0.6) is 0 Å². The summed E-state index contributed by atoms with van der Waals surface area (Å²) < 4.78 is 79.4. The van der Waals surface area contributed by atoms with Crippen LogP contribution in [0, 0.1) is 29.2 Å². The van der Waals surface area contributed by atoms with Crippen molar-refractivity contribution in [3.05, 3.63) is 53.1 Å². The van der Waals surface area contributed by atoms with Gasteiger partial charge in [0, 0.05) is 17.8 Å². The van der Waals surface area contributed by atoms with Crippen molar-refractivity contribution < 1.29 is 40.7 Å². The molecule has 0 bridgehead atoms. The van der Waals surface area contributed by atoms with Crippen molar-refractivity contribution >= 4 is 58.0 Å². The average Bonchev–Trinajstić information content (AvgIpc) is 3.36. The van der Waals surface area contributed by atoms with Gasteiger partial charge in [-0.2, -0.15) is 8.78 Å². The number of alkyl halides is 4. The number of halogens is 8. The number of amides is 3. The Morgan fingerprint density at radius 3 is 2.00 bits per heavy atom. The maximum atomic E-state index is 14.2. The van der Waals surface area contributed by atoms with Gasteiger partial charge >= 0.3 is 6.43 Å². The highest BCUT2D eigenvalue weighted by atomic mass is 35.5. The minimum absolute atomic E-state index is 0.118. The molecule has 3 N–H and O–H groups in total. The third-order valence-corrected chi connectivity index (χ3v) is 5.28. The molecule has 3 rings (SSSR count). The fourth-order valence-electron chi connectivity index (χ4n) is 2.67. The van der Waals surface area contributed by atoms with E-state index in [1.165, 1.54) is 5.32 Å². The number of hydrogen-bond donors (Lipinski definition) is 3. The Morgan fingerprint density at radius 1 is 0.879 bits per heavy atom. The van der Waals surface area contributed by atoms with Crippen LogP contribution in [0.1, 0.15) is 16.8 Å². The summed E-state index contributed by atoms with van der Waals surface area (Å²) in [4.78, 5) is 35.5. The van der Waals surface area contributed by atoms with E-state index >= 15 is 0 Å². The van der Waals surface area contributed by atoms with Gasteiger partial charge in [0.2, 0.25) is 5.91 Å². The lowest BCUT2D eigenvalue weighted by atomic mass is 10.1. The first kappa shape index (κ1) is 24.6. The molecule has 2 aromatic rings. The fourth-order valence-corrected chi connectivity index (χ4v) is 3.18. The molecule has 6 nitrogen and oxygen atoms in total. The van der Waals surface area contributed by atoms with Crippen LogP contribution in [0.2, 0.25) is 0 Å². The number of rotatable bonds is 6. The smallest absolute Gasteiger partial charge is 0.315 e. The molecule has 0 unspecified atom stereocenters. The van der Waals surface area contributed by atoms with Gasteiger partial charge in [0.1, 0.15) is 16.0 Å². The van der Waals surface area contributed by atoms with E-state index in [1.54, 1.807) is 0 Å². The molecule has 176 valence electrons. The molecule has 1 aliphatic rings. The van der Waals surface area contributed by atoms with Crippen molar-refractivity contribution in [3.63, 3.8) is 0 Å². The molecule has 2 aromatic carbocycles. The number of benzene rings is 2. The highest BCUT2D eigenvalue weighted by Gasteiger charge is 2.56. The van der Waals surface area contributed by atoms with E-state index in [-0.39, 0.29) is 18.2 Å². The lowest BCUT2D eigenvalue weighted by Crippen LogP contribution is -2.22. The standard InChI is InChI=1S/C19H11Cl2F6N3O3/c20-19(21)5-8(19)17(32)28-6-1-7(14(25)11(24)2-6)16(31)29-12-4-13(10(23)3-9(12)22)30-18(33)15(26)27/h1-4,8,15H,5H2,(H,28,32)(H,29,31)(H,30,33)/t8-/m1/s1. The molecule has 1 aliphatic carbocycles. The Kier molecular flexibility index (Phi) is 6.80. The van der Waals surface area contributed by atoms with Gasteiger partial charge in [0.25, 0.3) is 11.8 Å². The third-order valence-electron chi connectivity index (χ3n) is 4.44. The summed E-state index contributed by atoms with van der Waals surface area (Å²) in [5, 5.41) is 5.50. The average molecular weight is 514 g/mol. The second-order valence-corrected chi connectivity index (χ2v) is 8.42. The molecule has 1 saturated carbocycles. The Labute approximate surface area is 191 Å². The maximum absolute atomic E-state index is 14.2. The summed E-state index contributed by atoms with van der Waals surface area (Å²) >= 11 is 11.5. The van der Waals surface area contributed by atoms with Crippen molar-refractivity contribution in [2.24, 2.45) is 5.92 Å². The normalized spacial score (nSPS) is 16.3. The van der Waals surface area contributed by atoms with Crippen LogP contribution < -0.4 is 16.0 Å². The summed E-state index contributed by atoms with van der Waals surface area (Å²) in [7, 11) is 0. The zero-order valence-corrected chi connectivity index (χ0v) is 17.4. The quantitative estimate of drug-likeness (QED) is 0.382. The van der Waals surface area contributed by atoms with Gasteiger partial charge in [-0.15, -0.1) is 23.2 Å². The Hall–Kier alpha value is -2.99. The van der Waals surface area contributed by atoms with Crippen LogP contribution in [0.4, 0.5) is 43.4 Å². The van der Waals surface area contributed by atoms with Gasteiger partial charge in [-0.25, -0.2) is 17.6 Å². The van der Waals surface area contributed by atoms with Gasteiger partial charge in [0.05, 0.1) is 22.9 Å². The monoisotopic (exact) mass is 513 g/mol. The zero-order valence-electron chi connectivity index (χ0n) is 15.9. The van der Waals surface area contributed by atoms with Crippen molar-refractivity contribution in [2.45, 2.75) is 17.2 Å². The topological polar surface area (TPSA) is 87.3 Å². The minimum Gasteiger partial charge on any atom is -0.326 e. The van der Waals surface area contributed by atoms with E-state index in [2.05, 4.69) is 5.32 Å². The second kappa shape index (κ2) is 9.10. The number of carbonyl (C=O) groups is 3. The molecule has 1 fully saturated rings. The molecule has 14 heteroatoms. The maximum Gasteiger partial charge on any atom is 0.315 e. The number of carbonyl (C=O) groups excluding carboxylic acids is 3. The minimum atomic E-state index is -3.51. The highest BCUT2D eigenvalue weighted by molar-refractivity contribution is 6.52. The van der Waals surface area contributed by atoms with Crippen LogP contribution in [-0.4, -0.2) is 28.5 Å². The first-order chi connectivity index (χ1) is 15.3. The first-order valence-electron chi connectivity index (χ1n) is 8.87. The van der Waals surface area contributed by atoms with E-state index in [0.717, 1.165) is 6.07 Å². The molecular formula is C19H11Cl2F6N3O3. The zero-order chi connectivity index (χ0) is 24.7. The predicted octanol–water partition coefficient (Wildman–Crippen LogP) is 4.83. The van der Waals surface area contributed by atoms with Gasteiger partial charge < -0.3 is 16.0 Å². The van der Waals surface area contributed by atoms with Crippen LogP contribution >= 0.6 is 23.2 Å². The van der Waals surface area contributed by atoms with Crippen LogP contribution in [0.3, 0.4) is 0 Å². The van der Waals surface area contributed by atoms with E-state index < -0.39 is 74.6 Å². The number of hydrogen-bond acceptors (Lipinski definition) is 3. The van der Waals surface area contributed by atoms with Gasteiger partial charge in [-0.05, 0) is 18.6 Å². The summed E-state index contributed by atoms with van der Waals surface area (Å²) in [6.45, 7) is 0. The van der Waals surface area contributed by atoms with Gasteiger partial charge in [-0.1, -0.05) is 0 Å². The molecule has 0 heterocycles. The molecule has 0 radical (unpaired) electrons. The molecule has 0 spiro atoms. The highest BCUT2D eigenvalue weighted by Crippen LogP contribution is 2.53. The van der Waals surface area contributed by atoms with Crippen LogP contribution in [-0.2, 0) is 9.59 Å². The number of nitrogens with one attached hydrogen (secondary N) is 3. The Bertz CT molecular complexity index is 1160. The van der Waals surface area contributed by atoms with E-state index in [4.69, 9.17) is 23.2 Å². The van der Waals surface area contributed by atoms with E-state index in [0.29, 0.717) is 12.1 Å². The second-order valence-electron chi connectivity index (χ2n) is 6.88. The third kappa shape index (κ3) is 5.50. The molecule has 0 saturated heterocycles. The molecule has 0 aromatic heterocycles. The summed E-state index contributed by atoms with van der Waals surface area (Å²) in [6, 6.07) is 1.95. The summed E-state index contributed by atoms with van der Waals surface area (Å²) in [5.74, 6) is -10.9. The van der Waals surface area contributed by atoms with Crippen LogP contribution in [0.15, 0.2) is 24.3 Å². The lowest BCUT2D eigenvalue weighted by molar-refractivity contribution is -0.126. The summed E-state index contributed by atoms with van der Waals surface area (Å²) in [5.41, 5.74) is -3.07. The van der Waals surface area contributed by atoms with Gasteiger partial charge in [-0.3, -0.25) is 14.4 Å². The first-order valence-corrected chi connectivity index (χ1v) is 9.63. The Balaban J connectivity index is 1.84. The molecule has 1 atom stereocenters. The molecule has 3 amide bonds. The van der Waals surface area contributed by atoms with Crippen molar-refractivity contribution in [1.82, 2.24) is 0 Å². The van der Waals surface area contributed by atoms with Crippen molar-refractivity contribution in [3.8, 4) is 0 Å². The van der Waals surface area contributed by atoms with Crippen LogP contribution in [0.25, 0.3) is 0 Å².